The summed E-state index contributed by atoms with van der Waals surface area (Å²) in [7, 11) is 4.54. The first-order chi connectivity index (χ1) is 12.3. The molecule has 0 amide bonds. The molecule has 1 atom stereocenters. The van der Waals surface area contributed by atoms with Gasteiger partial charge in [-0.05, 0) is 24.1 Å². The van der Waals surface area contributed by atoms with Crippen molar-refractivity contribution in [2.24, 2.45) is 19.8 Å². The number of rotatable bonds is 4. The summed E-state index contributed by atoms with van der Waals surface area (Å²) in [5, 5.41) is 0. The number of esters is 1. The van der Waals surface area contributed by atoms with E-state index in [4.69, 9.17) is 5.73 Å². The molecule has 2 aromatic heterocycles. The van der Waals surface area contributed by atoms with E-state index in [1.165, 1.54) is 18.0 Å². The number of aryl methyl sites for hydroxylation is 2. The fraction of sp³-hybridized carbons (Fsp3) is 0.294. The third-order valence-electron chi connectivity index (χ3n) is 4.27. The molecule has 0 fully saturated rings. The Hall–Kier alpha value is -3.20. The van der Waals surface area contributed by atoms with Crippen molar-refractivity contribution in [2.45, 2.75) is 12.5 Å². The van der Waals surface area contributed by atoms with E-state index in [9.17, 15) is 14.4 Å². The lowest BCUT2D eigenvalue weighted by molar-refractivity contribution is -0.142. The molecule has 0 aliphatic carbocycles. The van der Waals surface area contributed by atoms with Crippen LogP contribution in [0.4, 0.5) is 0 Å². The first-order valence-corrected chi connectivity index (χ1v) is 7.91. The summed E-state index contributed by atoms with van der Waals surface area (Å²) < 4.78 is 8.61. The lowest BCUT2D eigenvalue weighted by Crippen LogP contribution is -2.38. The molecule has 0 saturated carbocycles. The van der Waals surface area contributed by atoms with Crippen molar-refractivity contribution in [1.82, 2.24) is 18.7 Å². The van der Waals surface area contributed by atoms with Crippen molar-refractivity contribution in [1.29, 1.82) is 0 Å². The van der Waals surface area contributed by atoms with Gasteiger partial charge in [0.15, 0.2) is 11.2 Å². The van der Waals surface area contributed by atoms with E-state index in [1.807, 2.05) is 0 Å². The second kappa shape index (κ2) is 6.60. The first kappa shape index (κ1) is 17.6. The van der Waals surface area contributed by atoms with Gasteiger partial charge in [0, 0.05) is 14.1 Å². The van der Waals surface area contributed by atoms with E-state index in [0.29, 0.717) is 23.3 Å². The molecule has 0 spiro atoms. The topological polar surface area (TPSA) is 114 Å². The number of ether oxygens (including phenoxy) is 1. The molecule has 26 heavy (non-hydrogen) atoms. The molecule has 9 nitrogen and oxygen atoms in total. The van der Waals surface area contributed by atoms with Gasteiger partial charge in [0.2, 0.25) is 0 Å². The van der Waals surface area contributed by atoms with E-state index in [1.54, 1.807) is 42.9 Å². The second-order valence-electron chi connectivity index (χ2n) is 6.01. The van der Waals surface area contributed by atoms with Crippen LogP contribution in [0.15, 0.2) is 40.2 Å². The smallest absolute Gasteiger partial charge is 0.337 e. The average molecular weight is 357 g/mol. The van der Waals surface area contributed by atoms with E-state index < -0.39 is 23.3 Å². The van der Waals surface area contributed by atoms with Crippen molar-refractivity contribution < 1.29 is 9.53 Å². The molecule has 0 bridgehead atoms. The van der Waals surface area contributed by atoms with Crippen LogP contribution in [0.2, 0.25) is 0 Å². The van der Waals surface area contributed by atoms with Gasteiger partial charge >= 0.3 is 11.7 Å². The number of hydrogen-bond donors (Lipinski definition) is 1. The van der Waals surface area contributed by atoms with Crippen LogP contribution < -0.4 is 17.0 Å². The SMILES string of the molecule is COC(=O)C(N)Cc1ccc(-n2c(=O)c3c(ncn3C)n(C)c2=O)cc1. The van der Waals surface area contributed by atoms with Gasteiger partial charge in [-0.3, -0.25) is 14.2 Å². The molecule has 0 radical (unpaired) electrons. The van der Waals surface area contributed by atoms with E-state index in [0.717, 1.165) is 10.1 Å². The second-order valence-corrected chi connectivity index (χ2v) is 6.01. The molecular formula is C17H19N5O4. The molecule has 0 aliphatic heterocycles. The molecule has 0 aliphatic rings. The van der Waals surface area contributed by atoms with E-state index >= 15 is 0 Å². The lowest BCUT2D eigenvalue weighted by atomic mass is 10.1. The van der Waals surface area contributed by atoms with Crippen molar-refractivity contribution in [2.75, 3.05) is 7.11 Å². The van der Waals surface area contributed by atoms with Gasteiger partial charge in [0.25, 0.3) is 5.56 Å². The first-order valence-electron chi connectivity index (χ1n) is 7.91. The molecular weight excluding hydrogens is 338 g/mol. The van der Waals surface area contributed by atoms with Crippen LogP contribution in [0.5, 0.6) is 0 Å². The molecule has 2 heterocycles. The predicted octanol–water partition coefficient (Wildman–Crippen LogP) is -0.534. The van der Waals surface area contributed by atoms with Gasteiger partial charge in [-0.1, -0.05) is 12.1 Å². The maximum atomic E-state index is 12.8. The predicted molar refractivity (Wildman–Crippen MR) is 95.2 cm³/mol. The number of nitrogens with two attached hydrogens (primary N) is 1. The van der Waals surface area contributed by atoms with Crippen LogP contribution in [-0.2, 0) is 30.0 Å². The molecule has 3 rings (SSSR count). The number of aromatic nitrogens is 4. The molecule has 2 N–H and O–H groups in total. The highest BCUT2D eigenvalue weighted by atomic mass is 16.5. The van der Waals surface area contributed by atoms with Crippen molar-refractivity contribution in [3.8, 4) is 5.69 Å². The number of methoxy groups -OCH3 is 1. The number of carbonyl (C=O) groups excluding carboxylic acids is 1. The molecule has 9 heteroatoms. The van der Waals surface area contributed by atoms with Gasteiger partial charge in [-0.2, -0.15) is 0 Å². The molecule has 1 aromatic carbocycles. The highest BCUT2D eigenvalue weighted by molar-refractivity contribution is 5.75. The summed E-state index contributed by atoms with van der Waals surface area (Å²) in [4.78, 5) is 40.9. The van der Waals surface area contributed by atoms with Crippen LogP contribution in [0.3, 0.4) is 0 Å². The minimum atomic E-state index is -0.771. The Morgan fingerprint density at radius 1 is 1.23 bits per heavy atom. The van der Waals surface area contributed by atoms with Crippen molar-refractivity contribution in [3.05, 3.63) is 57.0 Å². The molecule has 3 aromatic rings. The van der Waals surface area contributed by atoms with Gasteiger partial charge in [0.1, 0.15) is 6.04 Å². The molecule has 0 saturated heterocycles. The highest BCUT2D eigenvalue weighted by Crippen LogP contribution is 2.10. The summed E-state index contributed by atoms with van der Waals surface area (Å²) in [6, 6.07) is 5.95. The monoisotopic (exact) mass is 357 g/mol. The van der Waals surface area contributed by atoms with Crippen molar-refractivity contribution in [3.63, 3.8) is 0 Å². The number of fused-ring (bicyclic) bond motifs is 1. The van der Waals surface area contributed by atoms with Crippen molar-refractivity contribution >= 4 is 17.1 Å². The fourth-order valence-electron chi connectivity index (χ4n) is 2.84. The Kier molecular flexibility index (Phi) is 4.47. The lowest BCUT2D eigenvalue weighted by Gasteiger charge is -2.11. The normalized spacial score (nSPS) is 12.3. The number of nitrogens with zero attached hydrogens (tertiary/aromatic N) is 4. The molecule has 1 unspecified atom stereocenters. The highest BCUT2D eigenvalue weighted by Gasteiger charge is 2.17. The number of imidazole rings is 1. The van der Waals surface area contributed by atoms with Crippen LogP contribution >= 0.6 is 0 Å². The minimum absolute atomic E-state index is 0.292. The van der Waals surface area contributed by atoms with Gasteiger partial charge in [-0.25, -0.2) is 14.3 Å². The summed E-state index contributed by atoms with van der Waals surface area (Å²) in [5.74, 6) is -0.499. The van der Waals surface area contributed by atoms with E-state index in [-0.39, 0.29) is 0 Å². The number of carbonyl (C=O) groups is 1. The third kappa shape index (κ3) is 2.82. The Morgan fingerprint density at radius 2 is 1.88 bits per heavy atom. The van der Waals surface area contributed by atoms with E-state index in [2.05, 4.69) is 9.72 Å². The Morgan fingerprint density at radius 3 is 2.50 bits per heavy atom. The fourth-order valence-corrected chi connectivity index (χ4v) is 2.84. The van der Waals surface area contributed by atoms with Crippen LogP contribution in [0.1, 0.15) is 5.56 Å². The van der Waals surface area contributed by atoms with Gasteiger partial charge in [0.05, 0.1) is 19.1 Å². The maximum Gasteiger partial charge on any atom is 0.337 e. The zero-order valence-corrected chi connectivity index (χ0v) is 14.7. The largest absolute Gasteiger partial charge is 0.468 e. The Balaban J connectivity index is 2.05. The Labute approximate surface area is 148 Å². The summed E-state index contributed by atoms with van der Waals surface area (Å²) >= 11 is 0. The zero-order chi connectivity index (χ0) is 19.0. The minimum Gasteiger partial charge on any atom is -0.468 e. The summed E-state index contributed by atoms with van der Waals surface area (Å²) in [5.41, 5.74) is 6.71. The van der Waals surface area contributed by atoms with Crippen LogP contribution in [0, 0.1) is 0 Å². The van der Waals surface area contributed by atoms with Crippen LogP contribution in [0.25, 0.3) is 16.9 Å². The Bertz CT molecular complexity index is 1090. The van der Waals surface area contributed by atoms with Gasteiger partial charge < -0.3 is 15.0 Å². The quantitative estimate of drug-likeness (QED) is 0.628. The third-order valence-corrected chi connectivity index (χ3v) is 4.27. The summed E-state index contributed by atoms with van der Waals surface area (Å²) in [6.45, 7) is 0. The summed E-state index contributed by atoms with van der Waals surface area (Å²) in [6.07, 6.45) is 1.79. The standard InChI is InChI=1S/C17H19N5O4/c1-20-9-19-14-13(20)15(23)22(17(25)21(14)2)11-6-4-10(5-7-11)8-12(18)16(24)26-3/h4-7,9,12H,8,18H2,1-3H3. The zero-order valence-electron chi connectivity index (χ0n) is 14.7. The van der Waals surface area contributed by atoms with Gasteiger partial charge in [-0.15, -0.1) is 0 Å². The molecule has 136 valence electrons. The maximum absolute atomic E-state index is 12.8. The average Bonchev–Trinajstić information content (AvgIpc) is 3.02. The number of benzene rings is 1. The number of hydrogen-bond acceptors (Lipinski definition) is 6. The van der Waals surface area contributed by atoms with Crippen LogP contribution in [-0.4, -0.2) is 37.8 Å².